The molecule has 3 unspecified atom stereocenters. The SMILES string of the molecule is CCCCCCCCCCCCCCCCCCCCCCCC(=O)O[C@H](COC(=O)CCCCCCCCCCCCC(C)CC)COP(=O)(O)OC[C@@H](O)COP(=O)(O)OC[C@@H](COC(=O)CCCCCCCCCCCCC(C)C)OC(=O)CCCCCCCCCCCCC(C)C. The van der Waals surface area contributed by atoms with Gasteiger partial charge in [0.2, 0.25) is 0 Å². The van der Waals surface area contributed by atoms with Gasteiger partial charge in [-0.2, -0.15) is 0 Å². The van der Waals surface area contributed by atoms with Crippen LogP contribution in [0, 0.1) is 17.8 Å². The Morgan fingerprint density at radius 3 is 0.752 bits per heavy atom. The van der Waals surface area contributed by atoms with E-state index in [9.17, 15) is 43.2 Å². The van der Waals surface area contributed by atoms with Crippen LogP contribution in [0.15, 0.2) is 0 Å². The molecule has 0 amide bonds. The maximum atomic E-state index is 13.1. The van der Waals surface area contributed by atoms with Crippen molar-refractivity contribution in [3.63, 3.8) is 0 Å². The minimum Gasteiger partial charge on any atom is -0.462 e. The highest BCUT2D eigenvalue weighted by Gasteiger charge is 2.30. The van der Waals surface area contributed by atoms with Crippen LogP contribution in [0.2, 0.25) is 0 Å². The highest BCUT2D eigenvalue weighted by atomic mass is 31.2. The molecule has 0 saturated carbocycles. The Morgan fingerprint density at radius 1 is 0.287 bits per heavy atom. The lowest BCUT2D eigenvalue weighted by Crippen LogP contribution is -2.30. The summed E-state index contributed by atoms with van der Waals surface area (Å²) < 4.78 is 68.8. The zero-order valence-electron chi connectivity index (χ0n) is 66.4. The van der Waals surface area contributed by atoms with E-state index in [0.717, 1.165) is 108 Å². The molecule has 0 aliphatic carbocycles. The third-order valence-corrected chi connectivity index (χ3v) is 21.4. The smallest absolute Gasteiger partial charge is 0.462 e. The number of hydrogen-bond acceptors (Lipinski definition) is 15. The van der Waals surface area contributed by atoms with Gasteiger partial charge in [0.1, 0.15) is 19.3 Å². The lowest BCUT2D eigenvalue weighted by atomic mass is 9.99. The van der Waals surface area contributed by atoms with Crippen molar-refractivity contribution in [1.29, 1.82) is 0 Å². The van der Waals surface area contributed by atoms with Crippen molar-refractivity contribution in [3.05, 3.63) is 0 Å². The summed E-state index contributed by atoms with van der Waals surface area (Å²) in [6, 6.07) is 0. The molecule has 0 aliphatic rings. The van der Waals surface area contributed by atoms with Crippen LogP contribution in [-0.4, -0.2) is 96.7 Å². The Labute approximate surface area is 619 Å². The Hall–Kier alpha value is -1.94. The van der Waals surface area contributed by atoms with Crippen LogP contribution < -0.4 is 0 Å². The van der Waals surface area contributed by atoms with Crippen LogP contribution in [0.5, 0.6) is 0 Å². The molecule has 17 nitrogen and oxygen atoms in total. The van der Waals surface area contributed by atoms with Crippen molar-refractivity contribution >= 4 is 39.5 Å². The minimum absolute atomic E-state index is 0.106. The lowest BCUT2D eigenvalue weighted by Gasteiger charge is -2.21. The number of carbonyl (C=O) groups excluding carboxylic acids is 4. The van der Waals surface area contributed by atoms with E-state index in [-0.39, 0.29) is 25.7 Å². The Kier molecular flexibility index (Phi) is 70.9. The maximum Gasteiger partial charge on any atom is 0.472 e. The maximum absolute atomic E-state index is 13.1. The second-order valence-electron chi connectivity index (χ2n) is 30.7. The second-order valence-corrected chi connectivity index (χ2v) is 33.6. The van der Waals surface area contributed by atoms with Gasteiger partial charge in [-0.15, -0.1) is 0 Å². The molecule has 0 rings (SSSR count). The van der Waals surface area contributed by atoms with E-state index in [0.29, 0.717) is 25.7 Å². The van der Waals surface area contributed by atoms with Gasteiger partial charge in [0.05, 0.1) is 26.4 Å². The van der Waals surface area contributed by atoms with Gasteiger partial charge in [-0.1, -0.05) is 376 Å². The molecule has 0 saturated heterocycles. The summed E-state index contributed by atoms with van der Waals surface area (Å²) in [5, 5.41) is 10.7. The van der Waals surface area contributed by atoms with Crippen molar-refractivity contribution in [3.8, 4) is 0 Å². The van der Waals surface area contributed by atoms with Gasteiger partial charge in [0.15, 0.2) is 12.2 Å². The Balaban J connectivity index is 5.24. The van der Waals surface area contributed by atoms with Crippen molar-refractivity contribution in [1.82, 2.24) is 0 Å². The van der Waals surface area contributed by atoms with Crippen LogP contribution in [0.4, 0.5) is 0 Å². The normalized spacial score (nSPS) is 14.2. The summed E-state index contributed by atoms with van der Waals surface area (Å²) in [5.74, 6) is 0.209. The molecule has 600 valence electrons. The molecule has 0 radical (unpaired) electrons. The van der Waals surface area contributed by atoms with E-state index < -0.39 is 97.5 Å². The van der Waals surface area contributed by atoms with E-state index in [1.165, 1.54) is 238 Å². The molecule has 101 heavy (non-hydrogen) atoms. The van der Waals surface area contributed by atoms with E-state index in [4.69, 9.17) is 37.0 Å². The molecule has 0 aromatic heterocycles. The average Bonchev–Trinajstić information content (AvgIpc) is 0.965. The number of phosphoric ester groups is 2. The number of aliphatic hydroxyl groups is 1. The van der Waals surface area contributed by atoms with E-state index in [2.05, 4.69) is 48.5 Å². The third kappa shape index (κ3) is 74.7. The van der Waals surface area contributed by atoms with Crippen LogP contribution >= 0.6 is 15.6 Å². The van der Waals surface area contributed by atoms with Crippen LogP contribution in [0.1, 0.15) is 427 Å². The van der Waals surface area contributed by atoms with Gasteiger partial charge in [-0.3, -0.25) is 37.3 Å². The summed E-state index contributed by atoms with van der Waals surface area (Å²) in [7, 11) is -9.92. The third-order valence-electron chi connectivity index (χ3n) is 19.5. The monoisotopic (exact) mass is 1480 g/mol. The van der Waals surface area contributed by atoms with Crippen LogP contribution in [0.3, 0.4) is 0 Å². The number of hydrogen-bond donors (Lipinski definition) is 3. The van der Waals surface area contributed by atoms with Gasteiger partial charge in [-0.25, -0.2) is 9.13 Å². The average molecular weight is 1480 g/mol. The van der Waals surface area contributed by atoms with E-state index in [1.807, 2.05) is 0 Å². The first kappa shape index (κ1) is 99.1. The van der Waals surface area contributed by atoms with Crippen molar-refractivity contribution in [2.24, 2.45) is 17.8 Å². The molecule has 6 atom stereocenters. The summed E-state index contributed by atoms with van der Waals surface area (Å²) in [6.45, 7) is 12.0. The molecular formula is C82H160O17P2. The standard InChI is InChI=1S/C82H160O17P2/c1-8-10-11-12-13-14-15-16-17-18-19-20-21-22-23-24-25-37-44-51-58-65-81(86)98-77(69-93-80(85)64-57-50-43-36-31-28-34-41-48-55-62-75(7)9-2)71-96-100(88,89)94-67-76(83)68-95-101(90,91)97-72-78(99-82(87)66-59-52-45-38-30-27-33-40-47-54-61-74(5)6)70-92-79(84)63-56-49-42-35-29-26-32-39-46-53-60-73(3)4/h73-78,83H,8-72H2,1-7H3,(H,88,89)(H,90,91)/t75?,76-,77-,78-/m1/s1. The first-order valence-corrected chi connectivity index (χ1v) is 45.4. The molecular weight excluding hydrogens is 1320 g/mol. The van der Waals surface area contributed by atoms with Crippen molar-refractivity contribution in [2.75, 3.05) is 39.6 Å². The highest BCUT2D eigenvalue weighted by Crippen LogP contribution is 2.45. The van der Waals surface area contributed by atoms with Crippen LogP contribution in [-0.2, 0) is 65.4 Å². The van der Waals surface area contributed by atoms with Gasteiger partial charge in [-0.05, 0) is 43.4 Å². The molecule has 0 spiro atoms. The van der Waals surface area contributed by atoms with Crippen molar-refractivity contribution < 1.29 is 80.2 Å². The molecule has 3 N–H and O–H groups in total. The number of unbranched alkanes of at least 4 members (excludes halogenated alkanes) is 47. The molecule has 19 heteroatoms. The largest absolute Gasteiger partial charge is 0.472 e. The lowest BCUT2D eigenvalue weighted by molar-refractivity contribution is -0.161. The van der Waals surface area contributed by atoms with Gasteiger partial charge >= 0.3 is 39.5 Å². The molecule has 0 aromatic rings. The Bertz CT molecular complexity index is 1960. The Morgan fingerprint density at radius 2 is 0.505 bits per heavy atom. The van der Waals surface area contributed by atoms with Crippen LogP contribution in [0.25, 0.3) is 0 Å². The fourth-order valence-electron chi connectivity index (χ4n) is 12.6. The number of esters is 4. The number of rotatable bonds is 80. The summed E-state index contributed by atoms with van der Waals surface area (Å²) >= 11 is 0. The first-order chi connectivity index (χ1) is 48.8. The number of aliphatic hydroxyl groups excluding tert-OH is 1. The summed E-state index contributed by atoms with van der Waals surface area (Å²) in [4.78, 5) is 73.1. The summed E-state index contributed by atoms with van der Waals surface area (Å²) in [5.41, 5.74) is 0. The van der Waals surface area contributed by atoms with Crippen molar-refractivity contribution in [2.45, 2.75) is 446 Å². The molecule has 0 bridgehead atoms. The minimum atomic E-state index is -4.96. The quantitative estimate of drug-likeness (QED) is 0.0222. The zero-order chi connectivity index (χ0) is 74.4. The van der Waals surface area contributed by atoms with Gasteiger partial charge in [0, 0.05) is 25.7 Å². The second kappa shape index (κ2) is 72.3. The first-order valence-electron chi connectivity index (χ1n) is 42.4. The fraction of sp³-hybridized carbons (Fsp3) is 0.951. The summed E-state index contributed by atoms with van der Waals surface area (Å²) in [6.07, 6.45) is 61.0. The molecule has 0 aliphatic heterocycles. The number of ether oxygens (including phenoxy) is 4. The molecule has 0 heterocycles. The van der Waals surface area contributed by atoms with Gasteiger partial charge in [0.25, 0.3) is 0 Å². The predicted molar refractivity (Wildman–Crippen MR) is 414 cm³/mol. The topological polar surface area (TPSA) is 237 Å². The predicted octanol–water partition coefficient (Wildman–Crippen LogP) is 24.5. The fourth-order valence-corrected chi connectivity index (χ4v) is 14.2. The highest BCUT2D eigenvalue weighted by molar-refractivity contribution is 7.47. The van der Waals surface area contributed by atoms with E-state index in [1.54, 1.807) is 0 Å². The number of phosphoric acid groups is 2. The molecule has 0 fully saturated rings. The van der Waals surface area contributed by atoms with E-state index >= 15 is 0 Å². The number of carbonyl (C=O) groups is 4. The zero-order valence-corrected chi connectivity index (χ0v) is 68.2. The molecule has 0 aromatic carbocycles. The van der Waals surface area contributed by atoms with Gasteiger partial charge < -0.3 is 33.8 Å².